The first-order valence-electron chi connectivity index (χ1n) is 17.1. The molecule has 3 aromatic carbocycles. The van der Waals surface area contributed by atoms with Crippen molar-refractivity contribution in [2.45, 2.75) is 83.7 Å². The van der Waals surface area contributed by atoms with Gasteiger partial charge in [-0.1, -0.05) is 60.7 Å². The fraction of sp³-hybridized carbons (Fsp3) is 0.385. The minimum atomic E-state index is -1.46. The van der Waals surface area contributed by atoms with Gasteiger partial charge in [-0.25, -0.2) is 9.59 Å². The molecule has 4 rings (SSSR count). The molecule has 15 nitrogen and oxygen atoms in total. The van der Waals surface area contributed by atoms with Crippen LogP contribution in [0.4, 0.5) is 4.79 Å². The van der Waals surface area contributed by atoms with Gasteiger partial charge >= 0.3 is 30.0 Å². The summed E-state index contributed by atoms with van der Waals surface area (Å²) >= 11 is 0. The van der Waals surface area contributed by atoms with Crippen LogP contribution in [0, 0.1) is 0 Å². The molecule has 7 atom stereocenters. The molecule has 15 heteroatoms. The molecule has 1 fully saturated rings. The van der Waals surface area contributed by atoms with Crippen molar-refractivity contribution in [1.82, 2.24) is 5.32 Å². The smallest absolute Gasteiger partial charge is 0.408 e. The second-order valence-corrected chi connectivity index (χ2v) is 12.2. The molecule has 0 aliphatic carbocycles. The van der Waals surface area contributed by atoms with E-state index in [1.165, 1.54) is 27.2 Å². The Morgan fingerprint density at radius 3 is 1.89 bits per heavy atom. The number of esters is 4. The second kappa shape index (κ2) is 20.4. The maximum Gasteiger partial charge on any atom is 0.408 e. The number of carbonyl (C=O) groups is 5. The van der Waals surface area contributed by atoms with Gasteiger partial charge in [0.1, 0.15) is 37.7 Å². The van der Waals surface area contributed by atoms with Crippen LogP contribution in [-0.2, 0) is 65.5 Å². The van der Waals surface area contributed by atoms with Crippen molar-refractivity contribution in [2.75, 3.05) is 13.7 Å². The molecule has 1 aliphatic heterocycles. The van der Waals surface area contributed by atoms with Crippen LogP contribution in [0.5, 0.6) is 5.75 Å². The summed E-state index contributed by atoms with van der Waals surface area (Å²) in [6.45, 7) is 4.36. The molecule has 1 N–H and O–H groups in total. The summed E-state index contributed by atoms with van der Waals surface area (Å²) in [7, 11) is 1.53. The van der Waals surface area contributed by atoms with Crippen molar-refractivity contribution >= 4 is 36.2 Å². The van der Waals surface area contributed by atoms with E-state index >= 15 is 0 Å². The minimum Gasteiger partial charge on any atom is -0.497 e. The van der Waals surface area contributed by atoms with Crippen molar-refractivity contribution < 1.29 is 61.9 Å². The third kappa shape index (κ3) is 12.7. The van der Waals surface area contributed by atoms with E-state index < -0.39 is 79.4 Å². The highest BCUT2D eigenvalue weighted by atomic mass is 16.7. The lowest BCUT2D eigenvalue weighted by Crippen LogP contribution is -2.62. The van der Waals surface area contributed by atoms with E-state index in [0.717, 1.165) is 13.8 Å². The lowest BCUT2D eigenvalue weighted by molar-refractivity contribution is -0.283. The zero-order chi connectivity index (χ0) is 39.0. The van der Waals surface area contributed by atoms with E-state index in [2.05, 4.69) is 10.3 Å². The van der Waals surface area contributed by atoms with E-state index in [0.29, 0.717) is 22.4 Å². The third-order valence-electron chi connectivity index (χ3n) is 7.96. The Hall–Kier alpha value is -5.80. The van der Waals surface area contributed by atoms with Gasteiger partial charge in [-0.3, -0.25) is 19.4 Å². The highest BCUT2D eigenvalue weighted by Crippen LogP contribution is 2.31. The van der Waals surface area contributed by atoms with Gasteiger partial charge in [0.15, 0.2) is 24.5 Å². The Balaban J connectivity index is 1.67. The summed E-state index contributed by atoms with van der Waals surface area (Å²) in [5.74, 6) is -2.40. The first-order chi connectivity index (χ1) is 25.9. The van der Waals surface area contributed by atoms with Gasteiger partial charge in [0, 0.05) is 27.0 Å². The Kier molecular flexibility index (Phi) is 15.5. The molecule has 54 heavy (non-hydrogen) atoms. The number of amides is 1. The Morgan fingerprint density at radius 1 is 0.759 bits per heavy atom. The quantitative estimate of drug-likeness (QED) is 0.126. The summed E-state index contributed by atoms with van der Waals surface area (Å²) in [4.78, 5) is 68.0. The van der Waals surface area contributed by atoms with Crippen molar-refractivity contribution in [1.29, 1.82) is 0 Å². The van der Waals surface area contributed by atoms with E-state index in [1.807, 2.05) is 12.1 Å². The van der Waals surface area contributed by atoms with Gasteiger partial charge in [-0.05, 0) is 47.9 Å². The summed E-state index contributed by atoms with van der Waals surface area (Å²) in [5.41, 5.74) is 2.02. The second-order valence-electron chi connectivity index (χ2n) is 12.2. The molecule has 0 bridgehead atoms. The molecular formula is C39H44N2O13. The van der Waals surface area contributed by atoms with Crippen LogP contribution < -0.4 is 10.1 Å². The third-order valence-corrected chi connectivity index (χ3v) is 7.96. The molecule has 1 amide bonds. The van der Waals surface area contributed by atoms with E-state index in [-0.39, 0.29) is 13.2 Å². The lowest BCUT2D eigenvalue weighted by atomic mass is 9.96. The monoisotopic (exact) mass is 748 g/mol. The number of methoxy groups -OCH3 is 1. The number of ether oxygens (including phenoxy) is 8. The first kappa shape index (κ1) is 41.0. The van der Waals surface area contributed by atoms with Crippen LogP contribution in [0.15, 0.2) is 89.9 Å². The maximum atomic E-state index is 13.6. The average Bonchev–Trinajstić information content (AvgIpc) is 3.15. The predicted octanol–water partition coefficient (Wildman–Crippen LogP) is 4.08. The number of benzene rings is 3. The molecule has 1 aliphatic rings. The minimum absolute atomic E-state index is 0.0823. The molecule has 1 heterocycles. The van der Waals surface area contributed by atoms with Gasteiger partial charge in [0.25, 0.3) is 0 Å². The highest BCUT2D eigenvalue weighted by Gasteiger charge is 2.52. The molecular weight excluding hydrogens is 704 g/mol. The Morgan fingerprint density at radius 2 is 1.33 bits per heavy atom. The standard InChI is InChI=1S/C39H44N2O13/c1-24(33(37(45)49-21-29-12-8-6-9-13-29)41-39(46)50-22-30-14-10-7-11-15-30)51-38-34(40-20-28-16-18-31(47-5)19-17-28)36(53-27(4)44)35(52-26(3)43)32(54-38)23-48-25(2)42/h6-20,24,32-36,38H,21-23H2,1-5H3,(H,41,46)/t24-,32-,33+,34-,35-,36-,38+/m1/s1. The molecule has 0 spiro atoms. The fourth-order valence-corrected chi connectivity index (χ4v) is 5.39. The number of carbonyl (C=O) groups excluding carboxylic acids is 5. The number of rotatable bonds is 16. The summed E-state index contributed by atoms with van der Waals surface area (Å²) in [5, 5.41) is 2.54. The lowest BCUT2D eigenvalue weighted by Gasteiger charge is -2.44. The first-order valence-corrected chi connectivity index (χ1v) is 17.1. The number of aliphatic imine (C=N–C) groups is 1. The predicted molar refractivity (Wildman–Crippen MR) is 191 cm³/mol. The molecule has 0 aromatic heterocycles. The molecule has 0 unspecified atom stereocenters. The van der Waals surface area contributed by atoms with E-state index in [4.69, 9.17) is 37.9 Å². The highest BCUT2D eigenvalue weighted by molar-refractivity contribution is 5.82. The van der Waals surface area contributed by atoms with Gasteiger partial charge in [-0.15, -0.1) is 0 Å². The summed E-state index contributed by atoms with van der Waals surface area (Å²) in [6, 6.07) is 22.0. The number of hydrogen-bond acceptors (Lipinski definition) is 14. The molecule has 0 radical (unpaired) electrons. The number of nitrogens with zero attached hydrogens (tertiary/aromatic N) is 1. The molecule has 288 valence electrons. The van der Waals surface area contributed by atoms with E-state index in [9.17, 15) is 24.0 Å². The van der Waals surface area contributed by atoms with Crippen molar-refractivity contribution in [3.63, 3.8) is 0 Å². The average molecular weight is 749 g/mol. The molecule has 0 saturated carbocycles. The number of alkyl carbamates (subject to hydrolysis) is 1. The Bertz CT molecular complexity index is 1720. The zero-order valence-electron chi connectivity index (χ0n) is 30.6. The summed E-state index contributed by atoms with van der Waals surface area (Å²) in [6.07, 6.45) is -5.99. The van der Waals surface area contributed by atoms with Crippen LogP contribution in [0.2, 0.25) is 0 Å². The van der Waals surface area contributed by atoms with Crippen LogP contribution in [-0.4, -0.2) is 92.7 Å². The van der Waals surface area contributed by atoms with Crippen molar-refractivity contribution in [3.05, 3.63) is 102 Å². The van der Waals surface area contributed by atoms with Gasteiger partial charge in [-0.2, -0.15) is 0 Å². The topological polar surface area (TPSA) is 184 Å². The largest absolute Gasteiger partial charge is 0.497 e. The molecule has 1 saturated heterocycles. The van der Waals surface area contributed by atoms with Gasteiger partial charge in [0.2, 0.25) is 0 Å². The van der Waals surface area contributed by atoms with Crippen LogP contribution in [0.3, 0.4) is 0 Å². The van der Waals surface area contributed by atoms with Gasteiger partial charge < -0.3 is 43.2 Å². The zero-order valence-corrected chi connectivity index (χ0v) is 30.6. The van der Waals surface area contributed by atoms with Crippen LogP contribution in [0.1, 0.15) is 44.4 Å². The normalized spacial score (nSPS) is 20.5. The summed E-state index contributed by atoms with van der Waals surface area (Å²) < 4.78 is 45.2. The van der Waals surface area contributed by atoms with Crippen LogP contribution in [0.25, 0.3) is 0 Å². The molecule has 3 aromatic rings. The van der Waals surface area contributed by atoms with Gasteiger partial charge in [0.05, 0.1) is 13.2 Å². The van der Waals surface area contributed by atoms with Crippen molar-refractivity contribution in [2.24, 2.45) is 4.99 Å². The van der Waals surface area contributed by atoms with E-state index in [1.54, 1.807) is 72.8 Å². The number of hydrogen-bond donors (Lipinski definition) is 1. The van der Waals surface area contributed by atoms with Crippen molar-refractivity contribution in [3.8, 4) is 5.75 Å². The van der Waals surface area contributed by atoms with Crippen LogP contribution >= 0.6 is 0 Å². The SMILES string of the molecule is COc1ccc(C=N[C@H]2[C@@H](O[C@H](C)[C@H](NC(=O)OCc3ccccc3)C(=O)OCc3ccccc3)O[C@H](COC(C)=O)[C@@H](OC(C)=O)[C@@H]2OC(C)=O)cc1. The fourth-order valence-electron chi connectivity index (χ4n) is 5.39. The Labute approximate surface area is 312 Å². The number of nitrogens with one attached hydrogen (secondary N) is 1. The maximum absolute atomic E-state index is 13.6.